The number of anilines is 2. The van der Waals surface area contributed by atoms with Gasteiger partial charge in [0, 0.05) is 29.9 Å². The summed E-state index contributed by atoms with van der Waals surface area (Å²) in [7, 11) is 0. The molecule has 0 atom stereocenters. The lowest BCUT2D eigenvalue weighted by atomic mass is 9.84. The monoisotopic (exact) mass is 519 g/mol. The molecule has 3 N–H and O–H groups in total. The van der Waals surface area contributed by atoms with Gasteiger partial charge < -0.3 is 15.2 Å². The second-order valence-electron chi connectivity index (χ2n) is 8.16. The first kappa shape index (κ1) is 27.1. The number of aromatic amines is 1. The van der Waals surface area contributed by atoms with Gasteiger partial charge in [-0.15, -0.1) is 0 Å². The Bertz CT molecular complexity index is 1300. The van der Waals surface area contributed by atoms with E-state index >= 15 is 0 Å². The molecular weight excluding hydrogens is 491 g/mol. The van der Waals surface area contributed by atoms with Crippen LogP contribution in [0.1, 0.15) is 40.0 Å². The first-order chi connectivity index (χ1) is 17.1. The van der Waals surface area contributed by atoms with Crippen molar-refractivity contribution in [2.75, 3.05) is 18.4 Å². The van der Waals surface area contributed by atoms with Gasteiger partial charge in [-0.1, -0.05) is 13.8 Å². The number of H-pyrrole nitrogens is 1. The van der Waals surface area contributed by atoms with Crippen LogP contribution in [0, 0.1) is 16.7 Å². The molecule has 0 radical (unpaired) electrons. The molecule has 36 heavy (non-hydrogen) atoms. The van der Waals surface area contributed by atoms with E-state index in [0.717, 1.165) is 0 Å². The molecule has 1 fully saturated rings. The lowest BCUT2D eigenvalue weighted by molar-refractivity contribution is -0.0328. The van der Waals surface area contributed by atoms with E-state index in [-0.39, 0.29) is 34.5 Å². The van der Waals surface area contributed by atoms with Crippen molar-refractivity contribution in [2.24, 2.45) is 0 Å². The number of fused-ring (bicyclic) bond motifs is 1. The van der Waals surface area contributed by atoms with Crippen molar-refractivity contribution >= 4 is 40.0 Å². The van der Waals surface area contributed by atoms with Gasteiger partial charge in [-0.3, -0.25) is 14.9 Å². The van der Waals surface area contributed by atoms with Crippen LogP contribution in [0.15, 0.2) is 46.2 Å². The summed E-state index contributed by atoms with van der Waals surface area (Å²) in [5.41, 5.74) is -4.36. The Morgan fingerprint density at radius 1 is 1.25 bits per heavy atom. The zero-order chi connectivity index (χ0) is 26.5. The molecule has 1 aromatic carbocycles. The third-order valence-electron chi connectivity index (χ3n) is 5.98. The molecule has 8 nitrogen and oxygen atoms in total. The van der Waals surface area contributed by atoms with E-state index in [9.17, 15) is 23.2 Å². The topological polar surface area (TPSA) is 114 Å². The molecular formula is C24H28F3N7OS. The number of likely N-dealkylation sites (tertiary alicyclic amines) is 1. The van der Waals surface area contributed by atoms with E-state index in [1.807, 2.05) is 18.7 Å². The van der Waals surface area contributed by atoms with Crippen LogP contribution >= 0.6 is 11.8 Å². The Hall–Kier alpha value is -3.46. The zero-order valence-electron chi connectivity index (χ0n) is 20.2. The fourth-order valence-corrected chi connectivity index (χ4v) is 4.81. The van der Waals surface area contributed by atoms with Crippen LogP contribution in [0.5, 0.6) is 0 Å². The summed E-state index contributed by atoms with van der Waals surface area (Å²) in [4.78, 5) is 17.3. The number of nitrogens with one attached hydrogen (secondary N) is 3. The fourth-order valence-electron chi connectivity index (χ4n) is 4.27. The molecule has 0 unspecified atom stereocenters. The number of benzene rings is 1. The van der Waals surface area contributed by atoms with Gasteiger partial charge in [0.05, 0.1) is 29.4 Å². The van der Waals surface area contributed by atoms with E-state index in [4.69, 9.17) is 5.41 Å². The number of alkyl halides is 3. The first-order valence-electron chi connectivity index (χ1n) is 11.5. The van der Waals surface area contributed by atoms with E-state index < -0.39 is 11.0 Å². The number of aromatic nitrogens is 3. The minimum Gasteiger partial charge on any atom is -0.361 e. The molecule has 0 aliphatic carbocycles. The summed E-state index contributed by atoms with van der Waals surface area (Å²) in [6.45, 7) is 6.89. The zero-order valence-corrected chi connectivity index (χ0v) is 21.1. The molecule has 1 saturated heterocycles. The Labute approximate surface area is 211 Å². The van der Waals surface area contributed by atoms with Gasteiger partial charge in [0.25, 0.3) is 5.56 Å². The van der Waals surface area contributed by atoms with Crippen molar-refractivity contribution in [3.05, 3.63) is 46.9 Å². The van der Waals surface area contributed by atoms with Gasteiger partial charge in [0.1, 0.15) is 5.39 Å². The SMILES string of the molecule is CC.CC(=N)N1CCC(CC#N)(n2nc(Nc3ccc(SC(F)(F)F)cc3)c3c(=O)[nH]ccc32)CC1. The molecule has 0 bridgehead atoms. The maximum atomic E-state index is 12.7. The Morgan fingerprint density at radius 2 is 1.89 bits per heavy atom. The maximum absolute atomic E-state index is 12.7. The Balaban J connectivity index is 0.00000176. The minimum atomic E-state index is -4.38. The van der Waals surface area contributed by atoms with Crippen LogP contribution in [0.25, 0.3) is 10.9 Å². The molecule has 2 aromatic heterocycles. The van der Waals surface area contributed by atoms with Crippen LogP contribution in [-0.2, 0) is 5.54 Å². The number of pyridine rings is 1. The number of thioether (sulfide) groups is 1. The number of rotatable bonds is 5. The second-order valence-corrected chi connectivity index (χ2v) is 9.29. The summed E-state index contributed by atoms with van der Waals surface area (Å²) < 4.78 is 39.6. The van der Waals surface area contributed by atoms with Crippen molar-refractivity contribution in [2.45, 2.75) is 56.0 Å². The molecule has 12 heteroatoms. The van der Waals surface area contributed by atoms with Crippen molar-refractivity contribution in [1.29, 1.82) is 10.7 Å². The van der Waals surface area contributed by atoms with Crippen LogP contribution in [0.2, 0.25) is 0 Å². The number of nitriles is 1. The highest BCUT2D eigenvalue weighted by Crippen LogP contribution is 2.39. The van der Waals surface area contributed by atoms with Crippen molar-refractivity contribution in [1.82, 2.24) is 19.7 Å². The number of hydrogen-bond acceptors (Lipinski definition) is 6. The van der Waals surface area contributed by atoms with Crippen LogP contribution in [0.4, 0.5) is 24.7 Å². The average Bonchev–Trinajstić information content (AvgIpc) is 3.21. The fraction of sp³-hybridized carbons (Fsp3) is 0.417. The van der Waals surface area contributed by atoms with Crippen LogP contribution in [-0.4, -0.2) is 44.1 Å². The summed E-state index contributed by atoms with van der Waals surface area (Å²) >= 11 is -0.201. The third-order valence-corrected chi connectivity index (χ3v) is 6.72. The predicted octanol–water partition coefficient (Wildman–Crippen LogP) is 5.81. The van der Waals surface area contributed by atoms with Crippen molar-refractivity contribution in [3.63, 3.8) is 0 Å². The van der Waals surface area contributed by atoms with Crippen LogP contribution < -0.4 is 10.9 Å². The van der Waals surface area contributed by atoms with Crippen LogP contribution in [0.3, 0.4) is 0 Å². The number of amidine groups is 1. The number of hydrogen-bond donors (Lipinski definition) is 3. The molecule has 1 aliphatic rings. The standard InChI is InChI=1S/C22H22F3N7OS.C2H6/c1-14(27)31-12-8-21(7-10-26,9-13-31)32-17-6-11-28-20(33)18(17)19(30-32)29-15-2-4-16(5-3-15)34-22(23,24)25;1-2/h2-6,11,27H,7-9,12-13H2,1H3,(H,28,33)(H,29,30);1-2H3. The average molecular weight is 520 g/mol. The molecule has 3 aromatic rings. The van der Waals surface area contributed by atoms with Gasteiger partial charge in [0.2, 0.25) is 0 Å². The van der Waals surface area contributed by atoms with Gasteiger partial charge in [-0.2, -0.15) is 23.5 Å². The van der Waals surface area contributed by atoms with Gasteiger partial charge >= 0.3 is 5.51 Å². The highest BCUT2D eigenvalue weighted by atomic mass is 32.2. The lowest BCUT2D eigenvalue weighted by Gasteiger charge is -2.41. The summed E-state index contributed by atoms with van der Waals surface area (Å²) in [5, 5.41) is 25.5. The highest BCUT2D eigenvalue weighted by molar-refractivity contribution is 8.00. The largest absolute Gasteiger partial charge is 0.446 e. The summed E-state index contributed by atoms with van der Waals surface area (Å²) in [6, 6.07) is 9.65. The van der Waals surface area contributed by atoms with E-state index in [1.54, 1.807) is 17.7 Å². The summed E-state index contributed by atoms with van der Waals surface area (Å²) in [5.74, 6) is 0.720. The molecule has 0 spiro atoms. The van der Waals surface area contributed by atoms with Gasteiger partial charge in [-0.25, -0.2) is 0 Å². The van der Waals surface area contributed by atoms with Gasteiger partial charge in [0.15, 0.2) is 5.82 Å². The molecule has 0 saturated carbocycles. The highest BCUT2D eigenvalue weighted by Gasteiger charge is 2.39. The summed E-state index contributed by atoms with van der Waals surface area (Å²) in [6.07, 6.45) is 2.85. The van der Waals surface area contributed by atoms with E-state index in [2.05, 4.69) is 21.5 Å². The molecule has 0 amide bonds. The number of halogens is 3. The first-order valence-corrected chi connectivity index (χ1v) is 12.3. The minimum absolute atomic E-state index is 0.0486. The number of piperidine rings is 1. The Morgan fingerprint density at radius 3 is 2.44 bits per heavy atom. The van der Waals surface area contributed by atoms with Gasteiger partial charge in [-0.05, 0) is 61.9 Å². The molecule has 1 aliphatic heterocycles. The van der Waals surface area contributed by atoms with Crippen molar-refractivity contribution in [3.8, 4) is 6.07 Å². The van der Waals surface area contributed by atoms with E-state index in [0.29, 0.717) is 48.4 Å². The van der Waals surface area contributed by atoms with E-state index in [1.165, 1.54) is 30.5 Å². The third kappa shape index (κ3) is 5.84. The second kappa shape index (κ2) is 11.1. The number of nitrogens with zero attached hydrogens (tertiary/aromatic N) is 4. The smallest absolute Gasteiger partial charge is 0.361 e. The molecule has 3 heterocycles. The quantitative estimate of drug-likeness (QED) is 0.223. The molecule has 192 valence electrons. The normalized spacial score (nSPS) is 15.1. The maximum Gasteiger partial charge on any atom is 0.446 e. The Kier molecular flexibility index (Phi) is 8.35. The van der Waals surface area contributed by atoms with Crippen molar-refractivity contribution < 1.29 is 13.2 Å². The lowest BCUT2D eigenvalue weighted by Crippen LogP contribution is -2.47. The predicted molar refractivity (Wildman–Crippen MR) is 136 cm³/mol. The molecule has 4 rings (SSSR count).